The Bertz CT molecular complexity index is 1470. The molecule has 3 aromatic heterocycles. The molecule has 198 valence electrons. The molecule has 0 saturated carbocycles. The molecule has 0 radical (unpaired) electrons. The van der Waals surface area contributed by atoms with Gasteiger partial charge >= 0.3 is 5.97 Å². The molecule has 1 N–H and O–H groups in total. The van der Waals surface area contributed by atoms with Crippen molar-refractivity contribution in [2.45, 2.75) is 51.7 Å². The van der Waals surface area contributed by atoms with Gasteiger partial charge in [0.05, 0.1) is 18.4 Å². The van der Waals surface area contributed by atoms with Crippen LogP contribution in [-0.4, -0.2) is 39.5 Å². The average molecular weight is 567 g/mol. The summed E-state index contributed by atoms with van der Waals surface area (Å²) in [4.78, 5) is 28.0. The third kappa shape index (κ3) is 5.17. The number of nitrogens with zero attached hydrogens (tertiary/aromatic N) is 3. The van der Waals surface area contributed by atoms with Crippen molar-refractivity contribution in [3.63, 3.8) is 0 Å². The molecule has 1 unspecified atom stereocenters. The summed E-state index contributed by atoms with van der Waals surface area (Å²) < 4.78 is 7.10. The van der Waals surface area contributed by atoms with Gasteiger partial charge in [-0.3, -0.25) is 4.79 Å². The van der Waals surface area contributed by atoms with Gasteiger partial charge in [0.25, 0.3) is 0 Å². The Balaban J connectivity index is 1.35. The third-order valence-corrected chi connectivity index (χ3v) is 9.85. The first-order valence-corrected chi connectivity index (χ1v) is 15.3. The minimum absolute atomic E-state index is 0.159. The van der Waals surface area contributed by atoms with Crippen molar-refractivity contribution < 1.29 is 14.3 Å². The molecule has 10 heteroatoms. The zero-order valence-corrected chi connectivity index (χ0v) is 24.3. The fourth-order valence-electron chi connectivity index (χ4n) is 4.91. The van der Waals surface area contributed by atoms with Crippen LogP contribution in [-0.2, 0) is 28.9 Å². The average Bonchev–Trinajstić information content (AvgIpc) is 3.61. The Morgan fingerprint density at radius 1 is 1.24 bits per heavy atom. The van der Waals surface area contributed by atoms with E-state index in [1.54, 1.807) is 11.3 Å². The number of ether oxygens (including phenoxy) is 1. The van der Waals surface area contributed by atoms with E-state index in [0.717, 1.165) is 41.8 Å². The number of esters is 1. The minimum Gasteiger partial charge on any atom is -0.465 e. The van der Waals surface area contributed by atoms with Crippen LogP contribution in [0.3, 0.4) is 0 Å². The topological polar surface area (TPSA) is 86.1 Å². The Morgan fingerprint density at radius 2 is 2.03 bits per heavy atom. The van der Waals surface area contributed by atoms with Crippen LogP contribution < -0.4 is 5.32 Å². The molecule has 1 atom stereocenters. The number of carbonyl (C=O) groups is 2. The number of amides is 1. The quantitative estimate of drug-likeness (QED) is 0.189. The van der Waals surface area contributed by atoms with E-state index < -0.39 is 5.97 Å². The van der Waals surface area contributed by atoms with Gasteiger partial charge in [-0.15, -0.1) is 32.9 Å². The fraction of sp³-hybridized carbons (Fsp3) is 0.357. The van der Waals surface area contributed by atoms with Gasteiger partial charge in [0.1, 0.15) is 5.00 Å². The molecule has 0 bridgehead atoms. The normalized spacial score (nSPS) is 14.8. The van der Waals surface area contributed by atoms with Crippen LogP contribution in [0.25, 0.3) is 22.5 Å². The second-order valence-corrected chi connectivity index (χ2v) is 12.5. The van der Waals surface area contributed by atoms with Crippen LogP contribution in [0.5, 0.6) is 0 Å². The number of carbonyl (C=O) groups excluding carboxylic acids is 2. The van der Waals surface area contributed by atoms with Crippen LogP contribution >= 0.6 is 34.4 Å². The summed E-state index contributed by atoms with van der Waals surface area (Å²) in [5, 5.41) is 15.3. The van der Waals surface area contributed by atoms with Crippen molar-refractivity contribution in [2.75, 3.05) is 18.2 Å². The number of thioether (sulfide) groups is 1. The first-order chi connectivity index (χ1) is 18.4. The van der Waals surface area contributed by atoms with Gasteiger partial charge in [-0.2, -0.15) is 0 Å². The van der Waals surface area contributed by atoms with Crippen molar-refractivity contribution in [3.05, 3.63) is 56.6 Å². The standard InChI is InChI=1S/C28H30N4O3S3/c1-5-32-25(20-14-36-17(3)23(20)18-9-7-6-8-10-18)30-31-28(32)37-15-22(33)29-26-24(27(34)35-4)19-12-11-16(2)13-21(19)38-26/h6-10,14,16H,5,11-13,15H2,1-4H3,(H,29,33). The molecule has 0 fully saturated rings. The summed E-state index contributed by atoms with van der Waals surface area (Å²) in [7, 11) is 1.38. The third-order valence-electron chi connectivity index (χ3n) is 6.80. The first kappa shape index (κ1) is 26.6. The van der Waals surface area contributed by atoms with E-state index in [-0.39, 0.29) is 11.7 Å². The second-order valence-electron chi connectivity index (χ2n) is 9.38. The maximum atomic E-state index is 13.0. The molecular weight excluding hydrogens is 537 g/mol. The fourth-order valence-corrected chi connectivity index (χ4v) is 7.99. The molecule has 1 aliphatic carbocycles. The predicted octanol–water partition coefficient (Wildman–Crippen LogP) is 6.71. The Morgan fingerprint density at radius 3 is 2.76 bits per heavy atom. The number of hydrogen-bond donors (Lipinski definition) is 1. The van der Waals surface area contributed by atoms with Crippen molar-refractivity contribution in [2.24, 2.45) is 5.92 Å². The number of thiophene rings is 2. The number of anilines is 1. The lowest BCUT2D eigenvalue weighted by Gasteiger charge is -2.18. The van der Waals surface area contributed by atoms with Gasteiger partial charge in [0.2, 0.25) is 5.91 Å². The largest absolute Gasteiger partial charge is 0.465 e. The summed E-state index contributed by atoms with van der Waals surface area (Å²) in [6.45, 7) is 7.07. The Hall–Kier alpha value is -2.95. The molecule has 1 amide bonds. The van der Waals surface area contributed by atoms with Gasteiger partial charge in [-0.25, -0.2) is 4.79 Å². The molecule has 1 aliphatic rings. The summed E-state index contributed by atoms with van der Waals surface area (Å²) in [5.41, 5.74) is 4.90. The first-order valence-electron chi connectivity index (χ1n) is 12.6. The molecular formula is C28H30N4O3S3. The SMILES string of the molecule is CCn1c(SCC(=O)Nc2sc3c(c2C(=O)OC)CCC(C)C3)nnc1-c1csc(C)c1-c1ccccc1. The van der Waals surface area contributed by atoms with Crippen LogP contribution in [0.4, 0.5) is 5.00 Å². The molecule has 7 nitrogen and oxygen atoms in total. The predicted molar refractivity (Wildman–Crippen MR) is 155 cm³/mol. The summed E-state index contributed by atoms with van der Waals surface area (Å²) in [6, 6.07) is 10.3. The highest BCUT2D eigenvalue weighted by molar-refractivity contribution is 7.99. The monoisotopic (exact) mass is 566 g/mol. The highest BCUT2D eigenvalue weighted by atomic mass is 32.2. The van der Waals surface area contributed by atoms with E-state index in [4.69, 9.17) is 4.74 Å². The summed E-state index contributed by atoms with van der Waals surface area (Å²) in [6.07, 6.45) is 2.78. The number of rotatable bonds is 8. The molecule has 3 heterocycles. The highest BCUT2D eigenvalue weighted by Gasteiger charge is 2.29. The van der Waals surface area contributed by atoms with Gasteiger partial charge in [-0.1, -0.05) is 49.0 Å². The molecule has 4 aromatic rings. The minimum atomic E-state index is -0.393. The van der Waals surface area contributed by atoms with Crippen molar-refractivity contribution >= 4 is 51.3 Å². The second kappa shape index (κ2) is 11.4. The van der Waals surface area contributed by atoms with E-state index in [9.17, 15) is 9.59 Å². The number of fused-ring (bicyclic) bond motifs is 1. The lowest BCUT2D eigenvalue weighted by atomic mass is 9.88. The number of aromatic nitrogens is 3. The number of methoxy groups -OCH3 is 1. The maximum Gasteiger partial charge on any atom is 0.341 e. The van der Waals surface area contributed by atoms with Crippen molar-refractivity contribution in [1.29, 1.82) is 0 Å². The van der Waals surface area contributed by atoms with Crippen LogP contribution in [0, 0.1) is 12.8 Å². The van der Waals surface area contributed by atoms with E-state index in [1.807, 2.05) is 18.2 Å². The molecule has 1 aromatic carbocycles. The van der Waals surface area contributed by atoms with Gasteiger partial charge in [0, 0.05) is 32.8 Å². The lowest BCUT2D eigenvalue weighted by Crippen LogP contribution is -2.17. The van der Waals surface area contributed by atoms with Crippen molar-refractivity contribution in [3.8, 4) is 22.5 Å². The molecule has 0 saturated heterocycles. The molecule has 0 aliphatic heterocycles. The zero-order chi connectivity index (χ0) is 26.8. The van der Waals surface area contributed by atoms with Gasteiger partial charge in [-0.05, 0) is 50.2 Å². The number of hydrogen-bond acceptors (Lipinski definition) is 8. The van der Waals surface area contributed by atoms with E-state index >= 15 is 0 Å². The Kier molecular flexibility index (Phi) is 8.01. The van der Waals surface area contributed by atoms with Gasteiger partial charge in [0.15, 0.2) is 11.0 Å². The smallest absolute Gasteiger partial charge is 0.341 e. The zero-order valence-electron chi connectivity index (χ0n) is 21.9. The van der Waals surface area contributed by atoms with Crippen LogP contribution in [0.1, 0.15) is 45.9 Å². The van der Waals surface area contributed by atoms with Gasteiger partial charge < -0.3 is 14.6 Å². The van der Waals surface area contributed by atoms with E-state index in [2.05, 4.69) is 58.4 Å². The molecule has 0 spiro atoms. The van der Waals surface area contributed by atoms with Crippen LogP contribution in [0.15, 0.2) is 40.9 Å². The van der Waals surface area contributed by atoms with E-state index in [1.165, 1.54) is 45.5 Å². The van der Waals surface area contributed by atoms with Crippen LogP contribution in [0.2, 0.25) is 0 Å². The number of nitrogens with one attached hydrogen (secondary N) is 1. The number of aryl methyl sites for hydroxylation is 1. The lowest BCUT2D eigenvalue weighted by molar-refractivity contribution is -0.113. The molecule has 38 heavy (non-hydrogen) atoms. The maximum absolute atomic E-state index is 13.0. The summed E-state index contributed by atoms with van der Waals surface area (Å²) in [5.74, 6) is 0.943. The van der Waals surface area contributed by atoms with Crippen molar-refractivity contribution in [1.82, 2.24) is 14.8 Å². The highest BCUT2D eigenvalue weighted by Crippen LogP contribution is 2.41. The Labute approximate surface area is 234 Å². The summed E-state index contributed by atoms with van der Waals surface area (Å²) >= 11 is 4.54. The number of benzene rings is 1. The molecule has 5 rings (SSSR count). The van der Waals surface area contributed by atoms with E-state index in [0.29, 0.717) is 28.2 Å².